The van der Waals surface area contributed by atoms with Crippen molar-refractivity contribution in [1.29, 1.82) is 0 Å². The number of azo groups is 1. The van der Waals surface area contributed by atoms with Crippen molar-refractivity contribution in [3.63, 3.8) is 0 Å². The number of non-ortho nitro benzene ring substituents is 1. The Bertz CT molecular complexity index is 3090. The maximum atomic E-state index is 13.7. The van der Waals surface area contributed by atoms with Gasteiger partial charge in [0.1, 0.15) is 47.7 Å². The summed E-state index contributed by atoms with van der Waals surface area (Å²) in [5.41, 5.74) is 0.470. The highest BCUT2D eigenvalue weighted by Crippen LogP contribution is 2.26. The van der Waals surface area contributed by atoms with E-state index in [4.69, 9.17) is 42.6 Å². The van der Waals surface area contributed by atoms with Gasteiger partial charge in [0.25, 0.3) is 5.69 Å². The van der Waals surface area contributed by atoms with E-state index in [1.807, 2.05) is 0 Å². The Kier molecular flexibility index (Phi) is 23.6. The van der Waals surface area contributed by atoms with Gasteiger partial charge in [0.2, 0.25) is 0 Å². The molecule has 0 heterocycles. The quantitative estimate of drug-likeness (QED) is 0.00556. The van der Waals surface area contributed by atoms with Crippen LogP contribution in [0.25, 0.3) is 0 Å². The molecule has 0 N–H and O–H groups in total. The van der Waals surface area contributed by atoms with Crippen LogP contribution in [0.4, 0.5) is 17.1 Å². The number of carbonyl (C=O) groups excluding carboxylic acids is 6. The van der Waals surface area contributed by atoms with E-state index in [1.165, 1.54) is 78.9 Å². The number of esters is 6. The summed E-state index contributed by atoms with van der Waals surface area (Å²) in [5.74, 6) is -2.22. The first-order valence-electron chi connectivity index (χ1n) is 25.4. The Labute approximate surface area is 460 Å². The van der Waals surface area contributed by atoms with Crippen LogP contribution in [0.3, 0.4) is 0 Å². The minimum atomic E-state index is -0.961. The maximum Gasteiger partial charge on any atom is 0.344 e. The summed E-state index contributed by atoms with van der Waals surface area (Å²) in [7, 11) is 0. The van der Waals surface area contributed by atoms with Gasteiger partial charge in [-0.1, -0.05) is 13.2 Å². The molecule has 414 valence electrons. The summed E-state index contributed by atoms with van der Waals surface area (Å²) in [6, 6.07) is 34.3. The SMILES string of the molecule is C=CC(=O)OCCCCCCOc1ccc(OC(=O)c2ccc(C(=O)Oc3ccc(OCCCCCCOC(=O)C=C)cc3)c(C(=O)OCCOc3ccc(OC(=O)c4ccc(N=Nc5ccc([N+](=O)[O-])cc5)cc4)cc3)c2)cc1. The smallest absolute Gasteiger partial charge is 0.344 e. The highest BCUT2D eigenvalue weighted by Gasteiger charge is 2.24. The summed E-state index contributed by atoms with van der Waals surface area (Å²) >= 11 is 0. The molecule has 6 rings (SSSR count). The van der Waals surface area contributed by atoms with E-state index in [0.717, 1.165) is 63.5 Å². The normalized spacial score (nSPS) is 10.7. The van der Waals surface area contributed by atoms with E-state index < -0.39 is 40.7 Å². The number of nitrogens with zero attached hydrogens (tertiary/aromatic N) is 3. The summed E-state index contributed by atoms with van der Waals surface area (Å²) < 4.78 is 49.6. The number of nitro groups is 1. The van der Waals surface area contributed by atoms with Gasteiger partial charge >= 0.3 is 35.8 Å². The molecule has 0 unspecified atom stereocenters. The average Bonchev–Trinajstić information content (AvgIpc) is 3.48. The first kappa shape index (κ1) is 59.3. The average molecular weight is 1090 g/mol. The van der Waals surface area contributed by atoms with Gasteiger partial charge in [0.05, 0.1) is 65.0 Å². The minimum Gasteiger partial charge on any atom is -0.494 e. The van der Waals surface area contributed by atoms with Crippen LogP contribution in [-0.4, -0.2) is 80.4 Å². The van der Waals surface area contributed by atoms with Gasteiger partial charge in [-0.3, -0.25) is 10.1 Å². The van der Waals surface area contributed by atoms with Crippen molar-refractivity contribution in [2.24, 2.45) is 10.2 Å². The molecular formula is C60H57N3O17. The predicted molar refractivity (Wildman–Crippen MR) is 290 cm³/mol. The van der Waals surface area contributed by atoms with Crippen molar-refractivity contribution in [2.45, 2.75) is 51.4 Å². The highest BCUT2D eigenvalue weighted by molar-refractivity contribution is 6.06. The monoisotopic (exact) mass is 1090 g/mol. The molecule has 0 aliphatic rings. The number of nitro benzene ring substituents is 1. The number of ether oxygens (including phenoxy) is 9. The summed E-state index contributed by atoms with van der Waals surface area (Å²) in [6.45, 7) is 7.88. The maximum absolute atomic E-state index is 13.7. The molecule has 0 aromatic heterocycles. The van der Waals surface area contributed by atoms with Crippen molar-refractivity contribution in [3.8, 4) is 34.5 Å². The number of rotatable bonds is 32. The molecule has 6 aromatic rings. The lowest BCUT2D eigenvalue weighted by Crippen LogP contribution is -2.19. The van der Waals surface area contributed by atoms with Gasteiger partial charge in [-0.2, -0.15) is 10.2 Å². The molecule has 20 nitrogen and oxygen atoms in total. The lowest BCUT2D eigenvalue weighted by atomic mass is 10.0. The lowest BCUT2D eigenvalue weighted by Gasteiger charge is -2.13. The van der Waals surface area contributed by atoms with Gasteiger partial charge in [-0.15, -0.1) is 0 Å². The van der Waals surface area contributed by atoms with Gasteiger partial charge in [0.15, 0.2) is 0 Å². The van der Waals surface area contributed by atoms with Crippen molar-refractivity contribution >= 4 is 52.9 Å². The molecule has 0 amide bonds. The van der Waals surface area contributed by atoms with Crippen LogP contribution >= 0.6 is 0 Å². The van der Waals surface area contributed by atoms with Gasteiger partial charge in [0, 0.05) is 24.3 Å². The molecule has 0 bridgehead atoms. The van der Waals surface area contributed by atoms with E-state index in [9.17, 15) is 38.9 Å². The Morgan fingerprint density at radius 1 is 0.400 bits per heavy atom. The number of hydrogen-bond donors (Lipinski definition) is 0. The Morgan fingerprint density at radius 3 is 1.24 bits per heavy atom. The Morgan fingerprint density at radius 2 is 0.787 bits per heavy atom. The molecule has 6 aromatic carbocycles. The van der Waals surface area contributed by atoms with E-state index in [0.29, 0.717) is 55.1 Å². The molecule has 0 fully saturated rings. The molecule has 0 atom stereocenters. The fourth-order valence-corrected chi connectivity index (χ4v) is 7.07. The molecule has 0 saturated carbocycles. The van der Waals surface area contributed by atoms with Gasteiger partial charge < -0.3 is 42.6 Å². The largest absolute Gasteiger partial charge is 0.494 e. The number of hydrogen-bond acceptors (Lipinski definition) is 19. The second-order valence-corrected chi connectivity index (χ2v) is 17.1. The Balaban J connectivity index is 1.01. The van der Waals surface area contributed by atoms with Crippen LogP contribution in [-0.2, 0) is 23.8 Å². The molecular weight excluding hydrogens is 1030 g/mol. The Hall–Kier alpha value is -9.98. The van der Waals surface area contributed by atoms with Crippen molar-refractivity contribution in [1.82, 2.24) is 0 Å². The van der Waals surface area contributed by atoms with Crippen molar-refractivity contribution < 1.29 is 76.3 Å². The van der Waals surface area contributed by atoms with Gasteiger partial charge in [-0.25, -0.2) is 28.8 Å². The third-order valence-electron chi connectivity index (χ3n) is 11.3. The molecule has 0 spiro atoms. The van der Waals surface area contributed by atoms with E-state index in [-0.39, 0.29) is 58.4 Å². The van der Waals surface area contributed by atoms with Crippen LogP contribution in [0.5, 0.6) is 34.5 Å². The van der Waals surface area contributed by atoms with Gasteiger partial charge in [-0.05, 0) is 179 Å². The van der Waals surface area contributed by atoms with Crippen LogP contribution in [0.15, 0.2) is 175 Å². The molecule has 80 heavy (non-hydrogen) atoms. The van der Waals surface area contributed by atoms with Crippen LogP contribution in [0.2, 0.25) is 0 Å². The third kappa shape index (κ3) is 20.2. The molecule has 0 radical (unpaired) electrons. The number of unbranched alkanes of at least 4 members (excludes halogenated alkanes) is 6. The molecule has 0 aliphatic carbocycles. The third-order valence-corrected chi connectivity index (χ3v) is 11.3. The minimum absolute atomic E-state index is 0.0666. The van der Waals surface area contributed by atoms with Crippen LogP contribution in [0.1, 0.15) is 92.8 Å². The second kappa shape index (κ2) is 31.9. The van der Waals surface area contributed by atoms with Crippen LogP contribution < -0.4 is 28.4 Å². The second-order valence-electron chi connectivity index (χ2n) is 17.1. The van der Waals surface area contributed by atoms with Crippen molar-refractivity contribution in [2.75, 3.05) is 39.6 Å². The fourth-order valence-electron chi connectivity index (χ4n) is 7.07. The van der Waals surface area contributed by atoms with Crippen molar-refractivity contribution in [3.05, 3.63) is 197 Å². The summed E-state index contributed by atoms with van der Waals surface area (Å²) in [6.07, 6.45) is 8.71. The molecule has 0 saturated heterocycles. The first-order chi connectivity index (χ1) is 38.9. The molecule has 0 aliphatic heterocycles. The topological polar surface area (TPSA) is 253 Å². The standard InChI is InChI=1S/C60H57N3O17/c1-3-55(64)75-37-11-7-5-9-35-72-47-22-28-51(29-23-47)79-58(67)43-15-34-53(60(69)80-52-32-24-48(25-33-52)73-36-10-6-8-12-38-76-56(65)4-2)54(41-43)59(68)77-40-39-74-49-26-30-50(31-27-49)78-57(66)42-13-16-44(17-14-42)61-62-45-18-20-46(21-19-45)63(70)71/h3-4,13-34,41H,1-2,5-12,35-40H2. The fraction of sp³-hybridized carbons (Fsp3) is 0.233. The first-order valence-corrected chi connectivity index (χ1v) is 25.4. The highest BCUT2D eigenvalue weighted by atomic mass is 16.6. The van der Waals surface area contributed by atoms with E-state index in [1.54, 1.807) is 60.7 Å². The zero-order valence-corrected chi connectivity index (χ0v) is 43.5. The zero-order valence-electron chi connectivity index (χ0n) is 43.5. The summed E-state index contributed by atoms with van der Waals surface area (Å²) in [4.78, 5) is 86.4. The summed E-state index contributed by atoms with van der Waals surface area (Å²) in [5, 5.41) is 19.0. The number of carbonyl (C=O) groups is 6. The predicted octanol–water partition coefficient (Wildman–Crippen LogP) is 12.2. The van der Waals surface area contributed by atoms with E-state index >= 15 is 0 Å². The number of benzene rings is 6. The van der Waals surface area contributed by atoms with E-state index in [2.05, 4.69) is 23.4 Å². The lowest BCUT2D eigenvalue weighted by molar-refractivity contribution is -0.384. The molecule has 20 heteroatoms. The van der Waals surface area contributed by atoms with Crippen LogP contribution in [0, 0.1) is 10.1 Å². The zero-order chi connectivity index (χ0) is 56.9.